The number of hydrogen-bond donors (Lipinski definition) is 2. The van der Waals surface area contributed by atoms with Crippen molar-refractivity contribution in [1.29, 1.82) is 0 Å². The highest BCUT2D eigenvalue weighted by atomic mass is 16.3. The van der Waals surface area contributed by atoms with Crippen LogP contribution in [0.3, 0.4) is 0 Å². The van der Waals surface area contributed by atoms with Gasteiger partial charge in [0, 0.05) is 38.2 Å². The molecule has 2 N–H and O–H groups in total. The molecular formula is C43H31N3O2. The number of fused-ring (bicyclic) bond motifs is 7. The predicted octanol–water partition coefficient (Wildman–Crippen LogP) is 10.5. The monoisotopic (exact) mass is 621 g/mol. The van der Waals surface area contributed by atoms with E-state index in [1.54, 1.807) is 0 Å². The van der Waals surface area contributed by atoms with E-state index in [0.29, 0.717) is 0 Å². The summed E-state index contributed by atoms with van der Waals surface area (Å²) in [5.74, 6) is 0.866. The SMILES string of the molecule is C1=CC(C2N=C(c3ccccc3)NC(c3cccc4c3oc3c(-c5ccc6c(c5)oc5cc7ccccc7cc56)cccc34)N2)=CCC1. The molecular weight excluding hydrogens is 590 g/mol. The highest BCUT2D eigenvalue weighted by molar-refractivity contribution is 6.13. The number of nitrogens with zero attached hydrogens (tertiary/aromatic N) is 1. The molecule has 1 aliphatic carbocycles. The lowest BCUT2D eigenvalue weighted by molar-refractivity contribution is 0.432. The van der Waals surface area contributed by atoms with E-state index in [1.165, 1.54) is 16.3 Å². The number of aliphatic imine (C=N–C) groups is 1. The fraction of sp³-hybridized carbons (Fsp3) is 0.0930. The Morgan fingerprint density at radius 3 is 2.25 bits per heavy atom. The summed E-state index contributed by atoms with van der Waals surface area (Å²) in [6, 6.07) is 42.5. The molecule has 0 saturated heterocycles. The number of amidine groups is 1. The molecule has 5 nitrogen and oxygen atoms in total. The minimum absolute atomic E-state index is 0.175. The highest BCUT2D eigenvalue weighted by Gasteiger charge is 2.29. The van der Waals surface area contributed by atoms with Crippen molar-refractivity contribution in [3.05, 3.63) is 156 Å². The van der Waals surface area contributed by atoms with E-state index in [2.05, 4.69) is 144 Å². The summed E-state index contributed by atoms with van der Waals surface area (Å²) in [7, 11) is 0. The Kier molecular flexibility index (Phi) is 6.14. The van der Waals surface area contributed by atoms with E-state index in [-0.39, 0.29) is 12.3 Å². The second-order valence-corrected chi connectivity index (χ2v) is 12.7. The summed E-state index contributed by atoms with van der Waals surface area (Å²) >= 11 is 0. The van der Waals surface area contributed by atoms with E-state index in [9.17, 15) is 0 Å². The van der Waals surface area contributed by atoms with Gasteiger partial charge in [-0.1, -0.05) is 115 Å². The number of allylic oxidation sites excluding steroid dienone is 2. The molecule has 3 heterocycles. The Bertz CT molecular complexity index is 2640. The second kappa shape index (κ2) is 10.8. The Hall–Kier alpha value is -5.91. The Labute approximate surface area is 276 Å². The molecule has 0 amide bonds. The summed E-state index contributed by atoms with van der Waals surface area (Å²) < 4.78 is 13.3. The standard InChI is InChI=1S/C43H31N3O2/c1-3-11-26(12-4-1)41-44-42(27-13-5-2-6-14-27)46-43(45-41)35-20-10-19-34-33-18-9-17-31(39(33)48-40(34)35)30-21-22-32-36-23-28-15-7-8-16-29(28)24-38(36)47-37(32)25-30/h1,3-5,7-25,42-43,46H,2,6H2,(H,44,45). The first-order valence-electron chi connectivity index (χ1n) is 16.6. The van der Waals surface area contributed by atoms with Gasteiger partial charge in [0.2, 0.25) is 0 Å². The molecule has 230 valence electrons. The van der Waals surface area contributed by atoms with Gasteiger partial charge in [0.1, 0.15) is 40.5 Å². The second-order valence-electron chi connectivity index (χ2n) is 12.7. The summed E-state index contributed by atoms with van der Waals surface area (Å²) in [5, 5.41) is 14.3. The smallest absolute Gasteiger partial charge is 0.143 e. The van der Waals surface area contributed by atoms with Crippen molar-refractivity contribution in [2.75, 3.05) is 0 Å². The molecule has 0 bridgehead atoms. The summed E-state index contributed by atoms with van der Waals surface area (Å²) in [5.41, 5.74) is 8.88. The lowest BCUT2D eigenvalue weighted by Crippen LogP contribution is -2.49. The van der Waals surface area contributed by atoms with Gasteiger partial charge in [-0.25, -0.2) is 4.99 Å². The molecule has 2 aromatic heterocycles. The van der Waals surface area contributed by atoms with Crippen molar-refractivity contribution in [1.82, 2.24) is 10.6 Å². The number of furan rings is 2. The molecule has 6 aromatic carbocycles. The number of rotatable bonds is 4. The third-order valence-electron chi connectivity index (χ3n) is 9.77. The molecule has 0 radical (unpaired) electrons. The number of para-hydroxylation sites is 2. The van der Waals surface area contributed by atoms with Crippen molar-refractivity contribution >= 4 is 60.5 Å². The van der Waals surface area contributed by atoms with Crippen molar-refractivity contribution in [3.63, 3.8) is 0 Å². The van der Waals surface area contributed by atoms with Crippen LogP contribution in [-0.2, 0) is 0 Å². The molecule has 8 aromatic rings. The van der Waals surface area contributed by atoms with Gasteiger partial charge in [0.15, 0.2) is 0 Å². The molecule has 0 saturated carbocycles. The van der Waals surface area contributed by atoms with E-state index in [0.717, 1.165) is 84.8 Å². The zero-order chi connectivity index (χ0) is 31.6. The fourth-order valence-electron chi connectivity index (χ4n) is 7.39. The van der Waals surface area contributed by atoms with Crippen molar-refractivity contribution in [2.24, 2.45) is 4.99 Å². The average Bonchev–Trinajstić information content (AvgIpc) is 3.72. The summed E-state index contributed by atoms with van der Waals surface area (Å²) in [4.78, 5) is 5.12. The van der Waals surface area contributed by atoms with E-state index in [4.69, 9.17) is 13.8 Å². The van der Waals surface area contributed by atoms with Gasteiger partial charge in [-0.05, 0) is 59.0 Å². The highest BCUT2D eigenvalue weighted by Crippen LogP contribution is 2.41. The van der Waals surface area contributed by atoms with E-state index in [1.807, 2.05) is 6.07 Å². The first-order chi connectivity index (χ1) is 23.8. The topological polar surface area (TPSA) is 62.7 Å². The Balaban J connectivity index is 1.09. The van der Waals surface area contributed by atoms with Crippen LogP contribution in [0.1, 0.15) is 30.1 Å². The van der Waals surface area contributed by atoms with Crippen LogP contribution < -0.4 is 10.6 Å². The lowest BCUT2D eigenvalue weighted by Gasteiger charge is -2.33. The molecule has 2 aliphatic rings. The van der Waals surface area contributed by atoms with E-state index >= 15 is 0 Å². The first kappa shape index (κ1) is 27.2. The molecule has 5 heteroatoms. The molecule has 1 aliphatic heterocycles. The third kappa shape index (κ3) is 4.39. The van der Waals surface area contributed by atoms with Gasteiger partial charge in [0.05, 0.1) is 0 Å². The number of nitrogens with one attached hydrogen (secondary N) is 2. The van der Waals surface area contributed by atoms with Gasteiger partial charge in [0.25, 0.3) is 0 Å². The van der Waals surface area contributed by atoms with Gasteiger partial charge in [-0.15, -0.1) is 0 Å². The van der Waals surface area contributed by atoms with Crippen LogP contribution in [0.2, 0.25) is 0 Å². The molecule has 10 rings (SSSR count). The predicted molar refractivity (Wildman–Crippen MR) is 196 cm³/mol. The summed E-state index contributed by atoms with van der Waals surface area (Å²) in [6.45, 7) is 0. The fourth-order valence-corrected chi connectivity index (χ4v) is 7.39. The third-order valence-corrected chi connectivity index (χ3v) is 9.77. The molecule has 2 unspecified atom stereocenters. The zero-order valence-electron chi connectivity index (χ0n) is 26.1. The molecule has 48 heavy (non-hydrogen) atoms. The molecule has 2 atom stereocenters. The Morgan fingerprint density at radius 1 is 0.604 bits per heavy atom. The van der Waals surface area contributed by atoms with Crippen LogP contribution in [0.15, 0.2) is 159 Å². The lowest BCUT2D eigenvalue weighted by atomic mass is 9.99. The minimum Gasteiger partial charge on any atom is -0.456 e. The zero-order valence-corrected chi connectivity index (χ0v) is 26.1. The summed E-state index contributed by atoms with van der Waals surface area (Å²) in [6.07, 6.45) is 8.43. The van der Waals surface area contributed by atoms with Crippen LogP contribution in [0.25, 0.3) is 65.8 Å². The van der Waals surface area contributed by atoms with Gasteiger partial charge < -0.3 is 14.2 Å². The number of hydrogen-bond acceptors (Lipinski definition) is 5. The first-order valence-corrected chi connectivity index (χ1v) is 16.6. The van der Waals surface area contributed by atoms with Gasteiger partial charge >= 0.3 is 0 Å². The van der Waals surface area contributed by atoms with Crippen molar-refractivity contribution in [2.45, 2.75) is 25.2 Å². The van der Waals surface area contributed by atoms with Crippen molar-refractivity contribution < 1.29 is 8.83 Å². The van der Waals surface area contributed by atoms with Crippen LogP contribution in [0.5, 0.6) is 0 Å². The molecule has 0 spiro atoms. The average molecular weight is 622 g/mol. The van der Waals surface area contributed by atoms with Gasteiger partial charge in [-0.3, -0.25) is 5.32 Å². The number of benzene rings is 6. The quantitative estimate of drug-likeness (QED) is 0.205. The molecule has 0 fully saturated rings. The van der Waals surface area contributed by atoms with Crippen molar-refractivity contribution in [3.8, 4) is 11.1 Å². The maximum absolute atomic E-state index is 6.89. The van der Waals surface area contributed by atoms with Gasteiger partial charge in [-0.2, -0.15) is 0 Å². The van der Waals surface area contributed by atoms with Crippen LogP contribution in [-0.4, -0.2) is 12.0 Å². The normalized spacial score (nSPS) is 18.1. The minimum atomic E-state index is -0.214. The van der Waals surface area contributed by atoms with Crippen LogP contribution in [0, 0.1) is 0 Å². The largest absolute Gasteiger partial charge is 0.456 e. The Morgan fingerprint density at radius 2 is 1.40 bits per heavy atom. The van der Waals surface area contributed by atoms with Crippen LogP contribution >= 0.6 is 0 Å². The maximum atomic E-state index is 6.89. The van der Waals surface area contributed by atoms with Crippen LogP contribution in [0.4, 0.5) is 0 Å². The van der Waals surface area contributed by atoms with E-state index < -0.39 is 0 Å². The maximum Gasteiger partial charge on any atom is 0.143 e.